The monoisotopic (exact) mass is 252 g/mol. The number of carbonyl (C=O) groups excluding carboxylic acids is 1. The van der Waals surface area contributed by atoms with E-state index in [1.54, 1.807) is 0 Å². The quantitative estimate of drug-likeness (QED) is 0.815. The number of rotatable bonds is 5. The number of carbonyl (C=O) groups is 1. The first kappa shape index (κ1) is 13.9. The number of piperidine rings is 1. The number of hydrogen-bond acceptors (Lipinski definition) is 2. The zero-order valence-corrected chi connectivity index (χ0v) is 12.0. The van der Waals surface area contributed by atoms with Crippen molar-refractivity contribution in [1.29, 1.82) is 0 Å². The molecular weight excluding hydrogens is 224 g/mol. The molecule has 1 atom stereocenters. The average molecular weight is 252 g/mol. The van der Waals surface area contributed by atoms with Gasteiger partial charge in [0.2, 0.25) is 5.91 Å². The third-order valence-electron chi connectivity index (χ3n) is 4.53. The molecule has 3 nitrogen and oxygen atoms in total. The maximum atomic E-state index is 12.2. The van der Waals surface area contributed by atoms with Gasteiger partial charge in [0.05, 0.1) is 0 Å². The fraction of sp³-hybridized carbons (Fsp3) is 0.933. The zero-order valence-electron chi connectivity index (χ0n) is 12.0. The molecule has 1 saturated carbocycles. The molecule has 18 heavy (non-hydrogen) atoms. The van der Waals surface area contributed by atoms with Crippen LogP contribution in [0.5, 0.6) is 0 Å². The van der Waals surface area contributed by atoms with Crippen LogP contribution in [0, 0.1) is 5.92 Å². The van der Waals surface area contributed by atoms with Crippen LogP contribution in [0.4, 0.5) is 0 Å². The van der Waals surface area contributed by atoms with E-state index in [1.165, 1.54) is 19.3 Å². The number of amides is 1. The first-order valence-corrected chi connectivity index (χ1v) is 7.75. The first-order valence-electron chi connectivity index (χ1n) is 7.75. The summed E-state index contributed by atoms with van der Waals surface area (Å²) in [6.45, 7) is 6.14. The molecule has 0 bridgehead atoms. The highest BCUT2D eigenvalue weighted by molar-refractivity contribution is 5.78. The SMILES string of the molecule is CCCC(C)C(=O)N1CCC(NC2CCC2)CC1. The van der Waals surface area contributed by atoms with Gasteiger partial charge in [-0.1, -0.05) is 26.7 Å². The van der Waals surface area contributed by atoms with Crippen LogP contribution in [0.25, 0.3) is 0 Å². The highest BCUT2D eigenvalue weighted by atomic mass is 16.2. The van der Waals surface area contributed by atoms with Crippen molar-refractivity contribution in [3.63, 3.8) is 0 Å². The van der Waals surface area contributed by atoms with E-state index in [9.17, 15) is 4.79 Å². The Hall–Kier alpha value is -0.570. The Balaban J connectivity index is 1.70. The Bertz CT molecular complexity index is 268. The van der Waals surface area contributed by atoms with E-state index in [0.29, 0.717) is 11.9 Å². The molecule has 0 spiro atoms. The Labute approximate surface area is 111 Å². The van der Waals surface area contributed by atoms with E-state index < -0.39 is 0 Å². The summed E-state index contributed by atoms with van der Waals surface area (Å²) in [6, 6.07) is 1.43. The van der Waals surface area contributed by atoms with Crippen LogP contribution in [0.15, 0.2) is 0 Å². The Morgan fingerprint density at radius 1 is 1.22 bits per heavy atom. The largest absolute Gasteiger partial charge is 0.342 e. The molecule has 1 N–H and O–H groups in total. The normalized spacial score (nSPS) is 23.8. The molecule has 1 aliphatic heterocycles. The van der Waals surface area contributed by atoms with Crippen molar-refractivity contribution in [2.75, 3.05) is 13.1 Å². The molecule has 1 heterocycles. The van der Waals surface area contributed by atoms with Gasteiger partial charge in [-0.2, -0.15) is 0 Å². The fourth-order valence-corrected chi connectivity index (χ4v) is 3.04. The molecule has 0 aromatic heterocycles. The molecule has 0 aromatic carbocycles. The van der Waals surface area contributed by atoms with Gasteiger partial charge >= 0.3 is 0 Å². The third-order valence-corrected chi connectivity index (χ3v) is 4.53. The Morgan fingerprint density at radius 2 is 1.83 bits per heavy atom. The molecule has 1 saturated heterocycles. The van der Waals surface area contributed by atoms with Crippen LogP contribution in [0.1, 0.15) is 58.8 Å². The van der Waals surface area contributed by atoms with Gasteiger partial charge in [-0.25, -0.2) is 0 Å². The highest BCUT2D eigenvalue weighted by Gasteiger charge is 2.27. The summed E-state index contributed by atoms with van der Waals surface area (Å²) < 4.78 is 0. The standard InChI is InChI=1S/C15H28N2O/c1-3-5-12(2)15(18)17-10-8-14(9-11-17)16-13-6-4-7-13/h12-14,16H,3-11H2,1-2H3. The maximum absolute atomic E-state index is 12.2. The number of hydrogen-bond donors (Lipinski definition) is 1. The minimum Gasteiger partial charge on any atom is -0.342 e. The number of likely N-dealkylation sites (tertiary alicyclic amines) is 1. The average Bonchev–Trinajstić information content (AvgIpc) is 2.34. The van der Waals surface area contributed by atoms with E-state index in [4.69, 9.17) is 0 Å². The van der Waals surface area contributed by atoms with Gasteiger partial charge < -0.3 is 10.2 Å². The van der Waals surface area contributed by atoms with Gasteiger partial charge in [-0.15, -0.1) is 0 Å². The smallest absolute Gasteiger partial charge is 0.225 e. The van der Waals surface area contributed by atoms with Crippen LogP contribution < -0.4 is 5.32 Å². The van der Waals surface area contributed by atoms with E-state index in [2.05, 4.69) is 24.1 Å². The first-order chi connectivity index (χ1) is 8.70. The summed E-state index contributed by atoms with van der Waals surface area (Å²) in [5, 5.41) is 3.73. The zero-order chi connectivity index (χ0) is 13.0. The lowest BCUT2D eigenvalue weighted by molar-refractivity contribution is -0.136. The van der Waals surface area contributed by atoms with Crippen LogP contribution in [-0.4, -0.2) is 36.0 Å². The number of nitrogens with one attached hydrogen (secondary N) is 1. The summed E-state index contributed by atoms with van der Waals surface area (Å²) in [7, 11) is 0. The van der Waals surface area contributed by atoms with Gasteiger partial charge in [0.1, 0.15) is 0 Å². The molecule has 104 valence electrons. The van der Waals surface area contributed by atoms with Crippen molar-refractivity contribution < 1.29 is 4.79 Å². The van der Waals surface area contributed by atoms with Crippen molar-refractivity contribution >= 4 is 5.91 Å². The molecule has 2 rings (SSSR count). The van der Waals surface area contributed by atoms with Gasteiger partial charge in [0.25, 0.3) is 0 Å². The minimum absolute atomic E-state index is 0.214. The Kier molecular flexibility index (Phi) is 5.04. The molecule has 1 amide bonds. The lowest BCUT2D eigenvalue weighted by Crippen LogP contribution is -2.50. The highest BCUT2D eigenvalue weighted by Crippen LogP contribution is 2.22. The minimum atomic E-state index is 0.214. The lowest BCUT2D eigenvalue weighted by atomic mass is 9.91. The predicted octanol–water partition coefficient (Wildman–Crippen LogP) is 2.56. The van der Waals surface area contributed by atoms with Crippen molar-refractivity contribution in [2.45, 2.75) is 70.9 Å². The van der Waals surface area contributed by atoms with Crippen LogP contribution in [0.2, 0.25) is 0 Å². The lowest BCUT2D eigenvalue weighted by Gasteiger charge is -2.37. The van der Waals surface area contributed by atoms with Crippen LogP contribution >= 0.6 is 0 Å². The molecule has 0 radical (unpaired) electrons. The Morgan fingerprint density at radius 3 is 2.33 bits per heavy atom. The van der Waals surface area contributed by atoms with Gasteiger partial charge in [-0.3, -0.25) is 4.79 Å². The third kappa shape index (κ3) is 3.47. The van der Waals surface area contributed by atoms with E-state index in [-0.39, 0.29) is 5.92 Å². The van der Waals surface area contributed by atoms with E-state index in [1.807, 2.05) is 0 Å². The maximum Gasteiger partial charge on any atom is 0.225 e. The van der Waals surface area contributed by atoms with E-state index in [0.717, 1.165) is 44.8 Å². The second-order valence-corrected chi connectivity index (χ2v) is 6.08. The molecule has 3 heteroatoms. The van der Waals surface area contributed by atoms with Gasteiger partial charge in [0.15, 0.2) is 0 Å². The topological polar surface area (TPSA) is 32.3 Å². The summed E-state index contributed by atoms with van der Waals surface area (Å²) >= 11 is 0. The molecule has 0 aromatic rings. The molecule has 2 fully saturated rings. The summed E-state index contributed by atoms with van der Waals surface area (Å²) in [5.74, 6) is 0.588. The molecule has 1 aliphatic carbocycles. The number of nitrogens with zero attached hydrogens (tertiary/aromatic N) is 1. The summed E-state index contributed by atoms with van der Waals surface area (Å²) in [5.41, 5.74) is 0. The summed E-state index contributed by atoms with van der Waals surface area (Å²) in [6.07, 6.45) is 8.51. The van der Waals surface area contributed by atoms with Crippen molar-refractivity contribution in [3.8, 4) is 0 Å². The second-order valence-electron chi connectivity index (χ2n) is 6.08. The summed E-state index contributed by atoms with van der Waals surface area (Å²) in [4.78, 5) is 14.3. The van der Waals surface area contributed by atoms with Crippen LogP contribution in [-0.2, 0) is 4.79 Å². The predicted molar refractivity (Wildman–Crippen MR) is 74.4 cm³/mol. The molecule has 1 unspecified atom stereocenters. The van der Waals surface area contributed by atoms with E-state index >= 15 is 0 Å². The fourth-order valence-electron chi connectivity index (χ4n) is 3.04. The van der Waals surface area contributed by atoms with Crippen molar-refractivity contribution in [2.24, 2.45) is 5.92 Å². The molecular formula is C15H28N2O. The van der Waals surface area contributed by atoms with Crippen molar-refractivity contribution in [3.05, 3.63) is 0 Å². The molecule has 2 aliphatic rings. The second kappa shape index (κ2) is 6.55. The van der Waals surface area contributed by atoms with Gasteiger partial charge in [-0.05, 0) is 32.1 Å². The van der Waals surface area contributed by atoms with Gasteiger partial charge in [0, 0.05) is 31.1 Å². The van der Waals surface area contributed by atoms with Crippen LogP contribution in [0.3, 0.4) is 0 Å². The van der Waals surface area contributed by atoms with Crippen molar-refractivity contribution in [1.82, 2.24) is 10.2 Å².